The average Bonchev–Trinajstić information content (AvgIpc) is 2.93. The zero-order chi connectivity index (χ0) is 33.8. The van der Waals surface area contributed by atoms with E-state index in [9.17, 15) is 35.1 Å². The molecule has 4 aromatic carbocycles. The van der Waals surface area contributed by atoms with E-state index in [-0.39, 0.29) is 17.7 Å². The summed E-state index contributed by atoms with van der Waals surface area (Å²) in [6.07, 6.45) is -1.16. The molecular weight excluding hydrogens is 650 g/mol. The first-order valence-corrected chi connectivity index (χ1v) is 14.4. The smallest absolute Gasteiger partial charge is 0.429 e. The maximum absolute atomic E-state index is 15.2. The van der Waals surface area contributed by atoms with Gasteiger partial charge in [-0.2, -0.15) is 22.0 Å². The van der Waals surface area contributed by atoms with Crippen LogP contribution in [-0.2, 0) is 18.7 Å². The molecule has 46 heavy (non-hydrogen) atoms. The molecule has 0 amide bonds. The van der Waals surface area contributed by atoms with Gasteiger partial charge in [0.15, 0.2) is 0 Å². The number of benzene rings is 4. The van der Waals surface area contributed by atoms with Gasteiger partial charge in [0.25, 0.3) is 0 Å². The maximum atomic E-state index is 15.2. The number of aryl methyl sites for hydroxylation is 1. The summed E-state index contributed by atoms with van der Waals surface area (Å²) in [6.45, 7) is 2.12. The van der Waals surface area contributed by atoms with Crippen LogP contribution >= 0.6 is 11.6 Å². The van der Waals surface area contributed by atoms with Crippen LogP contribution in [0.3, 0.4) is 0 Å². The molecular formula is C34H25ClF10O. The fourth-order valence-electron chi connectivity index (χ4n) is 4.76. The summed E-state index contributed by atoms with van der Waals surface area (Å²) < 4.78 is 145. The van der Waals surface area contributed by atoms with Crippen LogP contribution in [0.5, 0.6) is 5.75 Å². The van der Waals surface area contributed by atoms with Crippen molar-refractivity contribution < 1.29 is 48.6 Å². The SMILES string of the molecule is CCCC/C=C/CCc1ccc(-c2cc(F)c(-c3cc(F)c(C(F)(F)Oc4cc(F)c(C(F)(F)F)c(F)c4)c(Cl)c3)c(F)c2)cc1. The summed E-state index contributed by atoms with van der Waals surface area (Å²) in [5, 5.41) is -1.09. The molecule has 0 aliphatic carbocycles. The highest BCUT2D eigenvalue weighted by molar-refractivity contribution is 6.31. The molecule has 4 aromatic rings. The Labute approximate surface area is 263 Å². The van der Waals surface area contributed by atoms with E-state index in [1.54, 1.807) is 12.1 Å². The first-order valence-electron chi connectivity index (χ1n) is 14.0. The third-order valence-corrected chi connectivity index (χ3v) is 7.29. The second kappa shape index (κ2) is 14.2. The molecule has 0 heterocycles. The highest BCUT2D eigenvalue weighted by atomic mass is 35.5. The fourth-order valence-corrected chi connectivity index (χ4v) is 5.08. The van der Waals surface area contributed by atoms with Crippen LogP contribution in [0, 0.1) is 29.1 Å². The number of alkyl halides is 5. The molecule has 0 saturated carbocycles. The molecule has 1 nitrogen and oxygen atoms in total. The first-order chi connectivity index (χ1) is 21.6. The zero-order valence-electron chi connectivity index (χ0n) is 24.0. The van der Waals surface area contributed by atoms with Crippen molar-refractivity contribution in [2.24, 2.45) is 0 Å². The van der Waals surface area contributed by atoms with Crippen molar-refractivity contribution in [3.05, 3.63) is 124 Å². The number of allylic oxidation sites excluding steroid dienone is 2. The first kappa shape index (κ1) is 34.9. The molecule has 12 heteroatoms. The Kier molecular flexibility index (Phi) is 10.8. The monoisotopic (exact) mass is 674 g/mol. The number of unbranched alkanes of at least 4 members (excludes halogenated alkanes) is 2. The summed E-state index contributed by atoms with van der Waals surface area (Å²) in [6, 6.07) is 9.63. The lowest BCUT2D eigenvalue weighted by molar-refractivity contribution is -0.187. The zero-order valence-corrected chi connectivity index (χ0v) is 24.8. The minimum atomic E-state index is -5.47. The van der Waals surface area contributed by atoms with Crippen LogP contribution < -0.4 is 4.74 Å². The normalized spacial score (nSPS) is 12.3. The second-order valence-corrected chi connectivity index (χ2v) is 10.8. The van der Waals surface area contributed by atoms with Crippen molar-refractivity contribution in [2.75, 3.05) is 0 Å². The Morgan fingerprint density at radius 3 is 1.74 bits per heavy atom. The third kappa shape index (κ3) is 8.04. The number of hydrogen-bond donors (Lipinski definition) is 0. The maximum Gasteiger partial charge on any atom is 0.431 e. The average molecular weight is 675 g/mol. The Bertz CT molecular complexity index is 1660. The molecule has 0 saturated heterocycles. The molecule has 4 rings (SSSR count). The topological polar surface area (TPSA) is 9.23 Å². The van der Waals surface area contributed by atoms with E-state index in [2.05, 4.69) is 23.8 Å². The Balaban J connectivity index is 1.56. The lowest BCUT2D eigenvalue weighted by Gasteiger charge is -2.21. The van der Waals surface area contributed by atoms with Gasteiger partial charge >= 0.3 is 12.3 Å². The van der Waals surface area contributed by atoms with Gasteiger partial charge < -0.3 is 4.74 Å². The summed E-state index contributed by atoms with van der Waals surface area (Å²) in [5.74, 6) is -10.0. The molecule has 0 radical (unpaired) electrons. The van der Waals surface area contributed by atoms with E-state index in [1.165, 1.54) is 0 Å². The largest absolute Gasteiger partial charge is 0.431 e. The molecule has 0 aliphatic rings. The number of ether oxygens (including phenoxy) is 1. The highest BCUT2D eigenvalue weighted by Crippen LogP contribution is 2.42. The van der Waals surface area contributed by atoms with E-state index in [4.69, 9.17) is 11.6 Å². The van der Waals surface area contributed by atoms with Gasteiger partial charge in [-0.05, 0) is 65.8 Å². The molecule has 244 valence electrons. The van der Waals surface area contributed by atoms with Crippen molar-refractivity contribution in [1.29, 1.82) is 0 Å². The van der Waals surface area contributed by atoms with Crippen molar-refractivity contribution in [3.63, 3.8) is 0 Å². The standard InChI is InChI=1S/C34H25ClF10O/c1-2-3-4-5-6-7-8-19-9-11-20(12-10-19)21-14-25(36)30(26(37)15-21)22-13-24(35)31(27(38)16-22)34(44,45)46-23-17-28(39)32(29(40)18-23)33(41,42)43/h5-6,9-18H,2-4,7-8H2,1H3/b6-5+. The third-order valence-electron chi connectivity index (χ3n) is 6.99. The van der Waals surface area contributed by atoms with E-state index in [0.717, 1.165) is 49.8 Å². The predicted octanol–water partition coefficient (Wildman–Crippen LogP) is 12.2. The van der Waals surface area contributed by atoms with Gasteiger partial charge in [-0.1, -0.05) is 67.8 Å². The summed E-state index contributed by atoms with van der Waals surface area (Å²) in [7, 11) is 0. The molecule has 0 bridgehead atoms. The quantitative estimate of drug-likeness (QED) is 0.0874. The van der Waals surface area contributed by atoms with Crippen LogP contribution in [-0.4, -0.2) is 0 Å². The Morgan fingerprint density at radius 1 is 0.652 bits per heavy atom. The van der Waals surface area contributed by atoms with Gasteiger partial charge in [0.2, 0.25) is 0 Å². The molecule has 0 atom stereocenters. The lowest BCUT2D eigenvalue weighted by Crippen LogP contribution is -2.24. The van der Waals surface area contributed by atoms with E-state index in [0.29, 0.717) is 17.7 Å². The summed E-state index contributed by atoms with van der Waals surface area (Å²) >= 11 is 5.85. The van der Waals surface area contributed by atoms with Crippen molar-refractivity contribution in [1.82, 2.24) is 0 Å². The van der Waals surface area contributed by atoms with Gasteiger partial charge in [-0.25, -0.2) is 22.0 Å². The molecule has 0 unspecified atom stereocenters. The molecule has 0 N–H and O–H groups in total. The lowest BCUT2D eigenvalue weighted by atomic mass is 9.97. The van der Waals surface area contributed by atoms with Crippen LogP contribution in [0.1, 0.15) is 49.3 Å². The predicted molar refractivity (Wildman–Crippen MR) is 155 cm³/mol. The van der Waals surface area contributed by atoms with E-state index in [1.807, 2.05) is 12.1 Å². The van der Waals surface area contributed by atoms with Gasteiger partial charge in [0.1, 0.15) is 46.0 Å². The number of hydrogen-bond acceptors (Lipinski definition) is 1. The van der Waals surface area contributed by atoms with Crippen LogP contribution in [0.2, 0.25) is 5.02 Å². The van der Waals surface area contributed by atoms with Crippen LogP contribution in [0.4, 0.5) is 43.9 Å². The molecule has 0 aliphatic heterocycles. The minimum Gasteiger partial charge on any atom is -0.429 e. The Hall–Kier alpha value is -3.99. The van der Waals surface area contributed by atoms with Crippen LogP contribution in [0.25, 0.3) is 22.3 Å². The molecule has 0 spiro atoms. The van der Waals surface area contributed by atoms with Gasteiger partial charge in [-0.15, -0.1) is 0 Å². The molecule has 0 aromatic heterocycles. The number of halogens is 11. The van der Waals surface area contributed by atoms with Gasteiger partial charge in [0, 0.05) is 12.1 Å². The molecule has 0 fully saturated rings. The highest BCUT2D eigenvalue weighted by Gasteiger charge is 2.42. The van der Waals surface area contributed by atoms with Crippen LogP contribution in [0.15, 0.2) is 72.8 Å². The van der Waals surface area contributed by atoms with Gasteiger partial charge in [-0.3, -0.25) is 0 Å². The minimum absolute atomic E-state index is 0.156. The van der Waals surface area contributed by atoms with Crippen molar-refractivity contribution >= 4 is 11.6 Å². The van der Waals surface area contributed by atoms with Crippen molar-refractivity contribution in [3.8, 4) is 28.0 Å². The summed E-state index contributed by atoms with van der Waals surface area (Å²) in [4.78, 5) is 0. The Morgan fingerprint density at radius 2 is 1.20 bits per heavy atom. The summed E-state index contributed by atoms with van der Waals surface area (Å²) in [5.41, 5.74) is -3.71. The van der Waals surface area contributed by atoms with Crippen molar-refractivity contribution in [2.45, 2.75) is 51.3 Å². The van der Waals surface area contributed by atoms with E-state index < -0.39 is 74.4 Å². The van der Waals surface area contributed by atoms with E-state index >= 15 is 8.78 Å². The van der Waals surface area contributed by atoms with Gasteiger partial charge in [0.05, 0.1) is 10.6 Å². The number of rotatable bonds is 11. The second-order valence-electron chi connectivity index (χ2n) is 10.4. The fraction of sp³-hybridized carbons (Fsp3) is 0.235.